The van der Waals surface area contributed by atoms with Crippen LogP contribution in [0.3, 0.4) is 0 Å². The van der Waals surface area contributed by atoms with Crippen molar-refractivity contribution < 1.29 is 22.4 Å². The zero-order valence-corrected chi connectivity index (χ0v) is 15.5. The predicted octanol–water partition coefficient (Wildman–Crippen LogP) is 5.85. The van der Waals surface area contributed by atoms with Gasteiger partial charge in [0.05, 0.1) is 11.5 Å². The molecular formula is C21H22F4N2O. The second-order valence-corrected chi connectivity index (χ2v) is 7.39. The maximum absolute atomic E-state index is 13.7. The van der Waals surface area contributed by atoms with Crippen molar-refractivity contribution in [2.45, 2.75) is 51.1 Å². The van der Waals surface area contributed by atoms with Crippen LogP contribution in [0.1, 0.15) is 54.7 Å². The van der Waals surface area contributed by atoms with Gasteiger partial charge in [-0.2, -0.15) is 13.2 Å². The Balaban J connectivity index is 1.90. The summed E-state index contributed by atoms with van der Waals surface area (Å²) in [5.74, 6) is -1.96. The SMILES string of the molecule is Cc1ccc(NC(=O)C(CC2CCCC2)c2ccc(F)c(C(F)(F)F)c2)nc1. The zero-order valence-electron chi connectivity index (χ0n) is 15.5. The molecule has 1 aliphatic carbocycles. The number of aryl methyl sites for hydroxylation is 1. The number of carbonyl (C=O) groups excluding carboxylic acids is 1. The van der Waals surface area contributed by atoms with E-state index in [0.29, 0.717) is 12.2 Å². The van der Waals surface area contributed by atoms with E-state index in [9.17, 15) is 22.4 Å². The minimum absolute atomic E-state index is 0.172. The molecule has 1 heterocycles. The molecule has 28 heavy (non-hydrogen) atoms. The van der Waals surface area contributed by atoms with Crippen LogP contribution in [-0.2, 0) is 11.0 Å². The summed E-state index contributed by atoms with van der Waals surface area (Å²) in [4.78, 5) is 17.0. The van der Waals surface area contributed by atoms with Crippen molar-refractivity contribution >= 4 is 11.7 Å². The third kappa shape index (κ3) is 4.88. The van der Waals surface area contributed by atoms with Gasteiger partial charge >= 0.3 is 6.18 Å². The summed E-state index contributed by atoms with van der Waals surface area (Å²) in [5.41, 5.74) is -0.248. The first-order valence-corrected chi connectivity index (χ1v) is 9.34. The second kappa shape index (κ2) is 8.29. The van der Waals surface area contributed by atoms with E-state index >= 15 is 0 Å². The van der Waals surface area contributed by atoms with Gasteiger partial charge in [-0.05, 0) is 48.6 Å². The lowest BCUT2D eigenvalue weighted by atomic mass is 9.86. The molecule has 1 aromatic carbocycles. The fourth-order valence-corrected chi connectivity index (χ4v) is 3.71. The van der Waals surface area contributed by atoms with E-state index in [4.69, 9.17) is 0 Å². The van der Waals surface area contributed by atoms with Gasteiger partial charge in [0.2, 0.25) is 5.91 Å². The van der Waals surface area contributed by atoms with Crippen LogP contribution in [0.25, 0.3) is 0 Å². The third-order valence-corrected chi connectivity index (χ3v) is 5.22. The van der Waals surface area contributed by atoms with Gasteiger partial charge < -0.3 is 5.32 Å². The molecule has 0 radical (unpaired) electrons. The van der Waals surface area contributed by atoms with Gasteiger partial charge in [-0.1, -0.05) is 37.8 Å². The van der Waals surface area contributed by atoms with E-state index in [-0.39, 0.29) is 11.5 Å². The van der Waals surface area contributed by atoms with Gasteiger partial charge in [-0.25, -0.2) is 9.37 Å². The highest BCUT2D eigenvalue weighted by molar-refractivity contribution is 5.95. The number of benzene rings is 1. The molecule has 0 bridgehead atoms. The Hall–Kier alpha value is -2.44. The summed E-state index contributed by atoms with van der Waals surface area (Å²) in [6.07, 6.45) is 1.21. The summed E-state index contributed by atoms with van der Waals surface area (Å²) >= 11 is 0. The molecule has 1 aromatic heterocycles. The highest BCUT2D eigenvalue weighted by Crippen LogP contribution is 2.38. The van der Waals surface area contributed by atoms with E-state index in [1.54, 1.807) is 18.3 Å². The third-order valence-electron chi connectivity index (χ3n) is 5.22. The number of hydrogen-bond donors (Lipinski definition) is 1. The first-order chi connectivity index (χ1) is 13.2. The molecule has 7 heteroatoms. The van der Waals surface area contributed by atoms with Crippen molar-refractivity contribution in [1.29, 1.82) is 0 Å². The maximum atomic E-state index is 13.7. The van der Waals surface area contributed by atoms with Crippen LogP contribution in [0, 0.1) is 18.7 Å². The van der Waals surface area contributed by atoms with Gasteiger partial charge in [0, 0.05) is 6.20 Å². The molecule has 1 N–H and O–H groups in total. The highest BCUT2D eigenvalue weighted by atomic mass is 19.4. The van der Waals surface area contributed by atoms with Crippen LogP contribution in [0.5, 0.6) is 0 Å². The summed E-state index contributed by atoms with van der Waals surface area (Å²) in [6, 6.07) is 6.25. The fourth-order valence-electron chi connectivity index (χ4n) is 3.71. The van der Waals surface area contributed by atoms with Crippen LogP contribution in [-0.4, -0.2) is 10.9 Å². The molecule has 1 amide bonds. The average Bonchev–Trinajstić information content (AvgIpc) is 3.14. The van der Waals surface area contributed by atoms with Gasteiger partial charge in [0.1, 0.15) is 11.6 Å². The molecule has 1 aliphatic rings. The molecule has 1 saturated carbocycles. The molecule has 1 fully saturated rings. The van der Waals surface area contributed by atoms with Crippen molar-refractivity contribution in [3.8, 4) is 0 Å². The quantitative estimate of drug-likeness (QED) is 0.647. The monoisotopic (exact) mass is 394 g/mol. The van der Waals surface area contributed by atoms with E-state index in [1.165, 1.54) is 6.07 Å². The largest absolute Gasteiger partial charge is 0.419 e. The van der Waals surface area contributed by atoms with E-state index in [0.717, 1.165) is 43.4 Å². The smallest absolute Gasteiger partial charge is 0.310 e. The Morgan fingerprint density at radius 1 is 1.21 bits per heavy atom. The topological polar surface area (TPSA) is 42.0 Å². The van der Waals surface area contributed by atoms with Crippen molar-refractivity contribution in [2.24, 2.45) is 5.92 Å². The number of rotatable bonds is 5. The number of nitrogens with one attached hydrogen (secondary N) is 1. The fraction of sp³-hybridized carbons (Fsp3) is 0.429. The first-order valence-electron chi connectivity index (χ1n) is 9.34. The van der Waals surface area contributed by atoms with E-state index < -0.39 is 29.4 Å². The highest BCUT2D eigenvalue weighted by Gasteiger charge is 2.36. The summed E-state index contributed by atoms with van der Waals surface area (Å²) in [6.45, 7) is 1.86. The van der Waals surface area contributed by atoms with Crippen molar-refractivity contribution in [3.63, 3.8) is 0 Å². The Kier molecular flexibility index (Phi) is 6.01. The molecule has 0 aliphatic heterocycles. The lowest BCUT2D eigenvalue weighted by molar-refractivity contribution is -0.140. The summed E-state index contributed by atoms with van der Waals surface area (Å²) in [5, 5.41) is 2.69. The van der Waals surface area contributed by atoms with Crippen LogP contribution >= 0.6 is 0 Å². The molecule has 3 nitrogen and oxygen atoms in total. The Bertz CT molecular complexity index is 827. The number of hydrogen-bond acceptors (Lipinski definition) is 2. The number of amides is 1. The van der Waals surface area contributed by atoms with E-state index in [1.807, 2.05) is 6.92 Å². The van der Waals surface area contributed by atoms with Crippen LogP contribution in [0.15, 0.2) is 36.5 Å². The lowest BCUT2D eigenvalue weighted by Gasteiger charge is -2.21. The predicted molar refractivity (Wildman–Crippen MR) is 98.3 cm³/mol. The van der Waals surface area contributed by atoms with Crippen LogP contribution < -0.4 is 5.32 Å². The standard InChI is InChI=1S/C21H22F4N2O/c1-13-6-9-19(26-12-13)27-20(28)16(10-14-4-2-3-5-14)15-7-8-18(22)17(11-15)21(23,24)25/h6-9,11-12,14,16H,2-5,10H2,1H3,(H,26,27,28). The van der Waals surface area contributed by atoms with Gasteiger partial charge in [-0.15, -0.1) is 0 Å². The lowest BCUT2D eigenvalue weighted by Crippen LogP contribution is -2.24. The molecule has 1 atom stereocenters. The maximum Gasteiger partial charge on any atom is 0.419 e. The number of nitrogens with zero attached hydrogens (tertiary/aromatic N) is 1. The molecule has 0 saturated heterocycles. The van der Waals surface area contributed by atoms with Crippen LogP contribution in [0.2, 0.25) is 0 Å². The van der Waals surface area contributed by atoms with Crippen molar-refractivity contribution in [3.05, 3.63) is 59.0 Å². The van der Waals surface area contributed by atoms with Crippen molar-refractivity contribution in [2.75, 3.05) is 5.32 Å². The number of halogens is 4. The Labute approximate surface area is 161 Å². The Morgan fingerprint density at radius 3 is 2.54 bits per heavy atom. The second-order valence-electron chi connectivity index (χ2n) is 7.39. The number of alkyl halides is 3. The van der Waals surface area contributed by atoms with Gasteiger partial charge in [0.15, 0.2) is 0 Å². The molecule has 1 unspecified atom stereocenters. The zero-order chi connectivity index (χ0) is 20.3. The normalized spacial score (nSPS) is 16.2. The van der Waals surface area contributed by atoms with Gasteiger partial charge in [0.25, 0.3) is 0 Å². The number of pyridine rings is 1. The number of anilines is 1. The minimum atomic E-state index is -4.81. The number of aromatic nitrogens is 1. The molecule has 150 valence electrons. The average molecular weight is 394 g/mol. The first kappa shape index (κ1) is 20.3. The van der Waals surface area contributed by atoms with E-state index in [2.05, 4.69) is 10.3 Å². The number of carbonyl (C=O) groups is 1. The van der Waals surface area contributed by atoms with Crippen LogP contribution in [0.4, 0.5) is 23.4 Å². The molecule has 0 spiro atoms. The molecule has 2 aromatic rings. The Morgan fingerprint density at radius 2 is 1.93 bits per heavy atom. The summed E-state index contributed by atoms with van der Waals surface area (Å²) < 4.78 is 53.1. The molecule has 3 rings (SSSR count). The summed E-state index contributed by atoms with van der Waals surface area (Å²) in [7, 11) is 0. The van der Waals surface area contributed by atoms with Gasteiger partial charge in [-0.3, -0.25) is 4.79 Å². The van der Waals surface area contributed by atoms with Crippen molar-refractivity contribution in [1.82, 2.24) is 4.98 Å². The molecular weight excluding hydrogens is 372 g/mol. The minimum Gasteiger partial charge on any atom is -0.310 e.